The molecule has 1 aromatic rings. The highest BCUT2D eigenvalue weighted by atomic mass is 32.1. The Bertz CT molecular complexity index is 327. The van der Waals surface area contributed by atoms with Gasteiger partial charge in [-0.15, -0.1) is 0 Å². The molecule has 0 radical (unpaired) electrons. The second kappa shape index (κ2) is 5.13. The average Bonchev–Trinajstić information content (AvgIpc) is 2.26. The number of aromatic nitrogens is 1. The lowest BCUT2D eigenvalue weighted by atomic mass is 10.3. The minimum atomic E-state index is -0.259. The van der Waals surface area contributed by atoms with E-state index in [1.165, 1.54) is 0 Å². The van der Waals surface area contributed by atoms with Crippen LogP contribution >= 0.6 is 12.2 Å². The van der Waals surface area contributed by atoms with Crippen molar-refractivity contribution in [1.82, 2.24) is 21.2 Å². The van der Waals surface area contributed by atoms with E-state index in [0.29, 0.717) is 10.7 Å². The summed E-state index contributed by atoms with van der Waals surface area (Å²) in [6.45, 7) is 0. The fraction of sp³-hybridized carbons (Fsp3) is 0.125. The van der Waals surface area contributed by atoms with Gasteiger partial charge in [-0.05, 0) is 24.4 Å². The van der Waals surface area contributed by atoms with Crippen LogP contribution in [0.3, 0.4) is 0 Å². The van der Waals surface area contributed by atoms with Gasteiger partial charge in [0.05, 0.1) is 0 Å². The lowest BCUT2D eigenvalue weighted by molar-refractivity contribution is 0.0943. The molecule has 0 aliphatic carbocycles. The number of nitrogens with one attached hydrogen (secondary N) is 3. The third-order valence-corrected chi connectivity index (χ3v) is 1.77. The molecule has 5 nitrogen and oxygen atoms in total. The van der Waals surface area contributed by atoms with Crippen molar-refractivity contribution in [2.24, 2.45) is 0 Å². The summed E-state index contributed by atoms with van der Waals surface area (Å²) >= 11 is 4.77. The summed E-state index contributed by atoms with van der Waals surface area (Å²) in [5, 5.41) is 3.02. The van der Waals surface area contributed by atoms with Gasteiger partial charge >= 0.3 is 0 Å². The summed E-state index contributed by atoms with van der Waals surface area (Å²) in [4.78, 5) is 15.2. The maximum absolute atomic E-state index is 11.4. The smallest absolute Gasteiger partial charge is 0.269 e. The van der Waals surface area contributed by atoms with Crippen LogP contribution in [0.25, 0.3) is 0 Å². The molecule has 1 heterocycles. The molecular formula is C8H10N4OS. The fourth-order valence-electron chi connectivity index (χ4n) is 0.751. The first-order chi connectivity index (χ1) is 6.74. The Hall–Kier alpha value is -1.69. The number of carbonyl (C=O) groups is 1. The Labute approximate surface area is 86.9 Å². The van der Waals surface area contributed by atoms with Crippen LogP contribution in [0.1, 0.15) is 10.4 Å². The summed E-state index contributed by atoms with van der Waals surface area (Å²) < 4.78 is 0. The molecule has 0 aliphatic heterocycles. The van der Waals surface area contributed by atoms with E-state index in [1.807, 2.05) is 0 Å². The van der Waals surface area contributed by atoms with Crippen molar-refractivity contribution in [3.63, 3.8) is 0 Å². The van der Waals surface area contributed by atoms with E-state index in [9.17, 15) is 4.79 Å². The fourth-order valence-corrected chi connectivity index (χ4v) is 0.803. The van der Waals surface area contributed by atoms with Crippen LogP contribution < -0.4 is 16.2 Å². The third kappa shape index (κ3) is 2.98. The van der Waals surface area contributed by atoms with Gasteiger partial charge in [-0.3, -0.25) is 20.6 Å². The number of thiocarbonyl (C=S) groups is 1. The second-order valence-corrected chi connectivity index (χ2v) is 2.80. The summed E-state index contributed by atoms with van der Waals surface area (Å²) in [6.07, 6.45) is 3.09. The lowest BCUT2D eigenvalue weighted by Gasteiger charge is -2.08. The molecule has 0 saturated heterocycles. The van der Waals surface area contributed by atoms with E-state index in [-0.39, 0.29) is 5.91 Å². The first kappa shape index (κ1) is 10.4. The highest BCUT2D eigenvalue weighted by Gasteiger charge is 2.03. The Morgan fingerprint density at radius 2 is 2.14 bits per heavy atom. The van der Waals surface area contributed by atoms with Crippen molar-refractivity contribution >= 4 is 23.2 Å². The highest BCUT2D eigenvalue weighted by Crippen LogP contribution is 1.93. The molecule has 0 aliphatic rings. The quantitative estimate of drug-likeness (QED) is 0.445. The van der Waals surface area contributed by atoms with E-state index < -0.39 is 0 Å². The molecule has 0 atom stereocenters. The maximum Gasteiger partial charge on any atom is 0.269 e. The third-order valence-electron chi connectivity index (χ3n) is 1.46. The number of rotatable bonds is 1. The number of carbonyl (C=O) groups excluding carboxylic acids is 1. The largest absolute Gasteiger partial charge is 0.364 e. The Morgan fingerprint density at radius 1 is 1.50 bits per heavy atom. The number of amides is 1. The van der Waals surface area contributed by atoms with Crippen LogP contribution in [-0.2, 0) is 0 Å². The van der Waals surface area contributed by atoms with Gasteiger partial charge in [-0.1, -0.05) is 0 Å². The van der Waals surface area contributed by atoms with Gasteiger partial charge in [-0.2, -0.15) is 0 Å². The molecule has 14 heavy (non-hydrogen) atoms. The molecule has 1 rings (SSSR count). The lowest BCUT2D eigenvalue weighted by Crippen LogP contribution is -2.45. The van der Waals surface area contributed by atoms with Crippen LogP contribution in [0.5, 0.6) is 0 Å². The van der Waals surface area contributed by atoms with E-state index in [4.69, 9.17) is 12.2 Å². The van der Waals surface area contributed by atoms with Crippen molar-refractivity contribution in [2.45, 2.75) is 0 Å². The van der Waals surface area contributed by atoms with Crippen LogP contribution in [0, 0.1) is 0 Å². The minimum Gasteiger partial charge on any atom is -0.364 e. The molecule has 0 spiro atoms. The number of hydrogen-bond acceptors (Lipinski definition) is 3. The molecule has 0 aromatic carbocycles. The molecule has 1 aromatic heterocycles. The number of hydrazine groups is 1. The van der Waals surface area contributed by atoms with Crippen LogP contribution in [0.4, 0.5) is 0 Å². The normalized spacial score (nSPS) is 8.93. The van der Waals surface area contributed by atoms with E-state index in [1.54, 1.807) is 31.6 Å². The molecule has 74 valence electrons. The van der Waals surface area contributed by atoms with Crippen LogP contribution in [-0.4, -0.2) is 23.1 Å². The second-order valence-electron chi connectivity index (χ2n) is 2.39. The van der Waals surface area contributed by atoms with E-state index in [0.717, 1.165) is 0 Å². The summed E-state index contributed by atoms with van der Waals surface area (Å²) in [5.74, 6) is -0.259. The summed E-state index contributed by atoms with van der Waals surface area (Å²) in [7, 11) is 1.66. The van der Waals surface area contributed by atoms with Crippen molar-refractivity contribution in [3.8, 4) is 0 Å². The standard InChI is InChI=1S/C8H10N4OS/c1-9-8(14)12-11-7(13)6-2-4-10-5-3-6/h2-5H,1H3,(H,11,13)(H2,9,12,14)/i8+2. The average molecular weight is 212 g/mol. The monoisotopic (exact) mass is 212 g/mol. The zero-order valence-corrected chi connectivity index (χ0v) is 8.39. The molecule has 3 N–H and O–H groups in total. The maximum atomic E-state index is 11.4. The van der Waals surface area contributed by atoms with Gasteiger partial charge < -0.3 is 5.32 Å². The van der Waals surface area contributed by atoms with Crippen molar-refractivity contribution in [2.75, 3.05) is 7.05 Å². The number of pyridine rings is 1. The molecule has 0 saturated carbocycles. The number of nitrogens with zero attached hydrogens (tertiary/aromatic N) is 1. The van der Waals surface area contributed by atoms with Crippen molar-refractivity contribution in [3.05, 3.63) is 30.1 Å². The molecule has 0 bridgehead atoms. The molecule has 0 unspecified atom stereocenters. The zero-order chi connectivity index (χ0) is 10.4. The van der Waals surface area contributed by atoms with E-state index >= 15 is 0 Å². The molecule has 6 heteroatoms. The van der Waals surface area contributed by atoms with Crippen molar-refractivity contribution in [1.29, 1.82) is 0 Å². The highest BCUT2D eigenvalue weighted by molar-refractivity contribution is 7.80. The summed E-state index contributed by atoms with van der Waals surface area (Å²) in [5.41, 5.74) is 5.48. The Kier molecular flexibility index (Phi) is 3.81. The van der Waals surface area contributed by atoms with Crippen molar-refractivity contribution < 1.29 is 4.79 Å². The SMILES string of the molecule is CN[14C](=S)NNC(=O)c1ccncc1. The Morgan fingerprint density at radius 3 is 2.71 bits per heavy atom. The summed E-state index contributed by atoms with van der Waals surface area (Å²) in [6, 6.07) is 3.22. The molecule has 1 amide bonds. The van der Waals surface area contributed by atoms with Gasteiger partial charge in [0.1, 0.15) is 0 Å². The first-order valence-corrected chi connectivity index (χ1v) is 4.33. The van der Waals surface area contributed by atoms with Gasteiger partial charge in [0.25, 0.3) is 5.91 Å². The topological polar surface area (TPSA) is 66.0 Å². The predicted octanol–water partition coefficient (Wildman–Crippen LogP) is -0.180. The Balaban J connectivity index is 2.48. The predicted molar refractivity (Wildman–Crippen MR) is 56.5 cm³/mol. The van der Waals surface area contributed by atoms with Crippen LogP contribution in [0.2, 0.25) is 0 Å². The number of hydrogen-bond donors (Lipinski definition) is 3. The van der Waals surface area contributed by atoms with Gasteiger partial charge in [0.15, 0.2) is 5.11 Å². The van der Waals surface area contributed by atoms with Gasteiger partial charge in [0.2, 0.25) is 0 Å². The zero-order valence-electron chi connectivity index (χ0n) is 7.57. The molecule has 0 fully saturated rings. The molecular weight excluding hydrogens is 202 g/mol. The van der Waals surface area contributed by atoms with Gasteiger partial charge in [-0.25, -0.2) is 0 Å². The van der Waals surface area contributed by atoms with E-state index in [2.05, 4.69) is 21.2 Å². The minimum absolute atomic E-state index is 0.259. The first-order valence-electron chi connectivity index (χ1n) is 3.92. The van der Waals surface area contributed by atoms with Crippen LogP contribution in [0.15, 0.2) is 24.5 Å². The van der Waals surface area contributed by atoms with Gasteiger partial charge in [0, 0.05) is 25.0 Å².